The first-order valence-corrected chi connectivity index (χ1v) is 12.8. The van der Waals surface area contributed by atoms with E-state index in [0.717, 1.165) is 49.7 Å². The SMILES string of the molecule is Cc1ccc(C2(C)CN(c3nc4cc(C)c(CC(=O)O)c(-c5ccc(Cl)cc5)c4s3)CCO2)cc1. The molecule has 1 unspecified atom stereocenters. The van der Waals surface area contributed by atoms with Crippen molar-refractivity contribution < 1.29 is 14.6 Å². The lowest BCUT2D eigenvalue weighted by atomic mass is 9.93. The van der Waals surface area contributed by atoms with Crippen LogP contribution in [-0.2, 0) is 21.6 Å². The molecule has 5 rings (SSSR count). The summed E-state index contributed by atoms with van der Waals surface area (Å²) in [6.07, 6.45) is -0.0456. The van der Waals surface area contributed by atoms with Gasteiger partial charge in [0.25, 0.3) is 0 Å². The zero-order chi connectivity index (χ0) is 24.7. The standard InChI is InChI=1S/C28H27ClN2O3S/c1-17-4-8-20(9-5-17)28(3)16-31(12-13-34-28)27-30-23-14-18(2)22(15-24(32)33)25(26(23)35-27)19-6-10-21(29)11-7-19/h4-11,14H,12-13,15-16H2,1-3H3,(H,32,33). The van der Waals surface area contributed by atoms with Crippen LogP contribution in [0.4, 0.5) is 5.13 Å². The molecule has 0 radical (unpaired) electrons. The predicted octanol–water partition coefficient (Wildman–Crippen LogP) is 6.61. The van der Waals surface area contributed by atoms with Crippen LogP contribution >= 0.6 is 22.9 Å². The molecule has 0 amide bonds. The summed E-state index contributed by atoms with van der Waals surface area (Å²) in [7, 11) is 0. The topological polar surface area (TPSA) is 62.7 Å². The Labute approximate surface area is 213 Å². The van der Waals surface area contributed by atoms with Crippen LogP contribution in [0.25, 0.3) is 21.3 Å². The Balaban J connectivity index is 1.59. The zero-order valence-electron chi connectivity index (χ0n) is 20.0. The largest absolute Gasteiger partial charge is 0.481 e. The highest BCUT2D eigenvalue weighted by Gasteiger charge is 2.35. The highest BCUT2D eigenvalue weighted by Crippen LogP contribution is 2.42. The molecule has 1 saturated heterocycles. The van der Waals surface area contributed by atoms with Gasteiger partial charge in [0.2, 0.25) is 0 Å². The molecule has 7 heteroatoms. The molecule has 0 aliphatic carbocycles. The number of hydrogen-bond donors (Lipinski definition) is 1. The third-order valence-corrected chi connectivity index (χ3v) is 8.07. The van der Waals surface area contributed by atoms with E-state index < -0.39 is 11.6 Å². The number of aryl methyl sites for hydroxylation is 2. The van der Waals surface area contributed by atoms with E-state index in [-0.39, 0.29) is 6.42 Å². The third-order valence-electron chi connectivity index (χ3n) is 6.67. The summed E-state index contributed by atoms with van der Waals surface area (Å²) in [5.74, 6) is -0.852. The van der Waals surface area contributed by atoms with Gasteiger partial charge < -0.3 is 14.7 Å². The molecular formula is C28H27ClN2O3S. The van der Waals surface area contributed by atoms with Crippen LogP contribution in [0.2, 0.25) is 5.02 Å². The van der Waals surface area contributed by atoms with Crippen molar-refractivity contribution in [2.24, 2.45) is 0 Å². The first-order chi connectivity index (χ1) is 16.7. The van der Waals surface area contributed by atoms with Crippen molar-refractivity contribution in [2.45, 2.75) is 32.8 Å². The molecule has 5 nitrogen and oxygen atoms in total. The Morgan fingerprint density at radius 1 is 1.17 bits per heavy atom. The number of morpholine rings is 1. The number of anilines is 1. The van der Waals surface area contributed by atoms with Crippen molar-refractivity contribution in [3.05, 3.63) is 81.9 Å². The highest BCUT2D eigenvalue weighted by atomic mass is 35.5. The molecule has 0 bridgehead atoms. The second-order valence-electron chi connectivity index (χ2n) is 9.34. The van der Waals surface area contributed by atoms with E-state index >= 15 is 0 Å². The smallest absolute Gasteiger partial charge is 0.307 e. The second kappa shape index (κ2) is 9.26. The highest BCUT2D eigenvalue weighted by molar-refractivity contribution is 7.22. The molecule has 2 heterocycles. The number of carboxylic acid groups (broad SMARTS) is 1. The molecule has 1 fully saturated rings. The molecule has 1 aliphatic heterocycles. The maximum absolute atomic E-state index is 11.7. The molecule has 0 spiro atoms. The normalized spacial score (nSPS) is 18.2. The lowest BCUT2D eigenvalue weighted by molar-refractivity contribution is -0.136. The van der Waals surface area contributed by atoms with E-state index in [1.165, 1.54) is 5.56 Å². The molecule has 1 atom stereocenters. The van der Waals surface area contributed by atoms with E-state index in [1.807, 2.05) is 37.3 Å². The number of fused-ring (bicyclic) bond motifs is 1. The van der Waals surface area contributed by atoms with Gasteiger partial charge in [-0.2, -0.15) is 0 Å². The van der Waals surface area contributed by atoms with Gasteiger partial charge in [-0.25, -0.2) is 4.98 Å². The Bertz CT molecular complexity index is 1400. The van der Waals surface area contributed by atoms with E-state index in [0.29, 0.717) is 18.2 Å². The van der Waals surface area contributed by atoms with E-state index in [2.05, 4.69) is 43.0 Å². The second-order valence-corrected chi connectivity index (χ2v) is 10.7. The van der Waals surface area contributed by atoms with Crippen LogP contribution in [0, 0.1) is 13.8 Å². The molecule has 35 heavy (non-hydrogen) atoms. The van der Waals surface area contributed by atoms with Gasteiger partial charge in [0.15, 0.2) is 5.13 Å². The average Bonchev–Trinajstić information content (AvgIpc) is 3.24. The molecule has 0 saturated carbocycles. The summed E-state index contributed by atoms with van der Waals surface area (Å²) in [5.41, 5.74) is 6.42. The fourth-order valence-electron chi connectivity index (χ4n) is 4.77. The monoisotopic (exact) mass is 506 g/mol. The molecule has 3 aromatic carbocycles. The van der Waals surface area contributed by atoms with E-state index in [4.69, 9.17) is 21.3 Å². The van der Waals surface area contributed by atoms with Gasteiger partial charge >= 0.3 is 5.97 Å². The molecule has 1 N–H and O–H groups in total. The van der Waals surface area contributed by atoms with E-state index in [9.17, 15) is 9.90 Å². The molecule has 4 aromatic rings. The Morgan fingerprint density at radius 3 is 2.57 bits per heavy atom. The number of ether oxygens (including phenoxy) is 1. The van der Waals surface area contributed by atoms with Gasteiger partial charge in [-0.15, -0.1) is 0 Å². The molecule has 180 valence electrons. The first kappa shape index (κ1) is 23.8. The van der Waals surface area contributed by atoms with Gasteiger partial charge in [0, 0.05) is 17.1 Å². The number of hydrogen-bond acceptors (Lipinski definition) is 5. The van der Waals surface area contributed by atoms with Gasteiger partial charge in [0.1, 0.15) is 5.60 Å². The van der Waals surface area contributed by atoms with Crippen LogP contribution in [-0.4, -0.2) is 35.8 Å². The number of aromatic nitrogens is 1. The lowest BCUT2D eigenvalue weighted by Crippen LogP contribution is -2.48. The molecular weight excluding hydrogens is 480 g/mol. The van der Waals surface area contributed by atoms with Crippen molar-refractivity contribution in [1.29, 1.82) is 0 Å². The summed E-state index contributed by atoms with van der Waals surface area (Å²) >= 11 is 7.75. The van der Waals surface area contributed by atoms with Crippen molar-refractivity contribution in [2.75, 3.05) is 24.6 Å². The number of benzene rings is 3. The Hall–Kier alpha value is -2.93. The maximum Gasteiger partial charge on any atom is 0.307 e. The number of carbonyl (C=O) groups is 1. The van der Waals surface area contributed by atoms with Crippen molar-refractivity contribution in [3.8, 4) is 11.1 Å². The van der Waals surface area contributed by atoms with Gasteiger partial charge in [-0.05, 0) is 61.2 Å². The fraction of sp³-hybridized carbons (Fsp3) is 0.286. The van der Waals surface area contributed by atoms with Gasteiger partial charge in [0.05, 0.1) is 29.8 Å². The molecule has 1 aromatic heterocycles. The summed E-state index contributed by atoms with van der Waals surface area (Å²) < 4.78 is 7.25. The minimum absolute atomic E-state index is 0.0456. The molecule has 1 aliphatic rings. The quantitative estimate of drug-likeness (QED) is 0.330. The minimum atomic E-state index is -0.852. The van der Waals surface area contributed by atoms with Crippen LogP contribution in [0.5, 0.6) is 0 Å². The summed E-state index contributed by atoms with van der Waals surface area (Å²) in [6, 6.07) is 18.1. The van der Waals surface area contributed by atoms with Gasteiger partial charge in [-0.3, -0.25) is 4.79 Å². The minimum Gasteiger partial charge on any atom is -0.481 e. The first-order valence-electron chi connectivity index (χ1n) is 11.6. The predicted molar refractivity (Wildman–Crippen MR) is 143 cm³/mol. The van der Waals surface area contributed by atoms with Crippen molar-refractivity contribution >= 4 is 44.3 Å². The average molecular weight is 507 g/mol. The lowest BCUT2D eigenvalue weighted by Gasteiger charge is -2.40. The van der Waals surface area contributed by atoms with Crippen LogP contribution in [0.3, 0.4) is 0 Å². The fourth-order valence-corrected chi connectivity index (χ4v) is 6.06. The van der Waals surface area contributed by atoms with Crippen LogP contribution in [0.1, 0.15) is 29.2 Å². The zero-order valence-corrected chi connectivity index (χ0v) is 21.5. The van der Waals surface area contributed by atoms with Crippen molar-refractivity contribution in [3.63, 3.8) is 0 Å². The third kappa shape index (κ3) is 4.66. The van der Waals surface area contributed by atoms with Crippen LogP contribution in [0.15, 0.2) is 54.6 Å². The maximum atomic E-state index is 11.7. The number of nitrogens with zero attached hydrogens (tertiary/aromatic N) is 2. The summed E-state index contributed by atoms with van der Waals surface area (Å²) in [5, 5.41) is 11.2. The number of halogens is 1. The van der Waals surface area contributed by atoms with E-state index in [1.54, 1.807) is 11.3 Å². The number of carboxylic acids is 1. The van der Waals surface area contributed by atoms with Crippen LogP contribution < -0.4 is 4.90 Å². The summed E-state index contributed by atoms with van der Waals surface area (Å²) in [6.45, 7) is 8.21. The van der Waals surface area contributed by atoms with Crippen molar-refractivity contribution in [1.82, 2.24) is 4.98 Å². The number of thiazole rings is 1. The number of aliphatic carboxylic acids is 1. The number of rotatable bonds is 5. The van der Waals surface area contributed by atoms with Gasteiger partial charge in [-0.1, -0.05) is 64.9 Å². The Morgan fingerprint density at radius 2 is 1.89 bits per heavy atom. The summed E-state index contributed by atoms with van der Waals surface area (Å²) in [4.78, 5) is 19.0. The Kier molecular flexibility index (Phi) is 6.30.